The van der Waals surface area contributed by atoms with E-state index in [0.29, 0.717) is 0 Å². The topological polar surface area (TPSA) is 117 Å². The number of halogens is 3. The van der Waals surface area contributed by atoms with Crippen molar-refractivity contribution >= 4 is 34.8 Å². The summed E-state index contributed by atoms with van der Waals surface area (Å²) in [5.41, 5.74) is 8.47. The first-order chi connectivity index (χ1) is 8.88. The van der Waals surface area contributed by atoms with Crippen LogP contribution in [0.15, 0.2) is 5.11 Å². The van der Waals surface area contributed by atoms with Gasteiger partial charge in [0.05, 0.1) is 6.61 Å². The molecule has 0 amide bonds. The molecule has 2 N–H and O–H groups in total. The maximum absolute atomic E-state index is 9.95. The predicted octanol–water partition coefficient (Wildman–Crippen LogP) is 0.855. The molecule has 2 aliphatic rings. The Balaban J connectivity index is 2.22. The van der Waals surface area contributed by atoms with Crippen LogP contribution in [0, 0.1) is 0 Å². The summed E-state index contributed by atoms with van der Waals surface area (Å²) in [6.07, 6.45) is -6.35. The van der Waals surface area contributed by atoms with E-state index < -0.39 is 47.3 Å². The molecule has 8 nitrogen and oxygen atoms in total. The van der Waals surface area contributed by atoms with E-state index in [1.807, 2.05) is 0 Å². The van der Waals surface area contributed by atoms with Crippen molar-refractivity contribution in [3.05, 3.63) is 10.4 Å². The second kappa shape index (κ2) is 5.77. The normalized spacial score (nSPS) is 42.6. The van der Waals surface area contributed by atoms with Gasteiger partial charge in [-0.3, -0.25) is 0 Å². The monoisotopic (exact) mass is 333 g/mol. The van der Waals surface area contributed by atoms with Crippen molar-refractivity contribution < 1.29 is 24.4 Å². The van der Waals surface area contributed by atoms with Crippen LogP contribution < -0.4 is 0 Å². The van der Waals surface area contributed by atoms with Crippen molar-refractivity contribution in [1.29, 1.82) is 0 Å². The summed E-state index contributed by atoms with van der Waals surface area (Å²) >= 11 is 17.0. The van der Waals surface area contributed by atoms with Gasteiger partial charge in [-0.05, 0) is 5.53 Å². The van der Waals surface area contributed by atoms with Crippen LogP contribution in [0.2, 0.25) is 0 Å². The smallest absolute Gasteiger partial charge is 0.240 e. The molecular formula is C8H10Cl3N3O5. The highest BCUT2D eigenvalue weighted by Crippen LogP contribution is 2.42. The number of hydrogen-bond acceptors (Lipinski definition) is 6. The van der Waals surface area contributed by atoms with E-state index in [0.717, 1.165) is 0 Å². The minimum Gasteiger partial charge on any atom is -0.394 e. The summed E-state index contributed by atoms with van der Waals surface area (Å²) in [6.45, 7) is -0.483. The quantitative estimate of drug-likeness (QED) is 0.336. The van der Waals surface area contributed by atoms with Crippen molar-refractivity contribution in [1.82, 2.24) is 0 Å². The lowest BCUT2D eigenvalue weighted by Gasteiger charge is -2.37. The summed E-state index contributed by atoms with van der Waals surface area (Å²) in [5.74, 6) is 0. The second-order valence-corrected chi connectivity index (χ2v) is 6.39. The molecule has 19 heavy (non-hydrogen) atoms. The van der Waals surface area contributed by atoms with E-state index in [1.165, 1.54) is 0 Å². The number of alkyl halides is 3. The molecule has 0 aromatic carbocycles. The lowest BCUT2D eigenvalue weighted by atomic mass is 9.99. The van der Waals surface area contributed by atoms with Crippen molar-refractivity contribution in [2.24, 2.45) is 5.11 Å². The average molecular weight is 335 g/mol. The largest absolute Gasteiger partial charge is 0.394 e. The zero-order chi connectivity index (χ0) is 14.2. The Kier molecular flexibility index (Phi) is 4.67. The standard InChI is InChI=1S/C8H10Cl3N3O5/c9-8(10,11)7-18-4-3(16)2(1-15)17-6(13-14-12)5(4)19-7/h2-7,15-16H,1H2/t2-,3+,4-,5-,6-,7?/m1/s1. The SMILES string of the molecule is [N-]=[N+]=N[C@@H]1O[C@H](CO)[C@H](O)[C@H]2OC(C(Cl)(Cl)Cl)O[C@H]21. The maximum Gasteiger partial charge on any atom is 0.240 e. The molecule has 0 aromatic heterocycles. The molecule has 0 spiro atoms. The second-order valence-electron chi connectivity index (χ2n) is 4.02. The summed E-state index contributed by atoms with van der Waals surface area (Å²) in [7, 11) is 0. The number of rotatable bonds is 2. The third-order valence-electron chi connectivity index (χ3n) is 2.81. The number of ether oxygens (including phenoxy) is 3. The van der Waals surface area contributed by atoms with E-state index in [9.17, 15) is 5.11 Å². The molecule has 1 unspecified atom stereocenters. The zero-order valence-corrected chi connectivity index (χ0v) is 11.5. The van der Waals surface area contributed by atoms with Gasteiger partial charge in [-0.15, -0.1) is 0 Å². The summed E-state index contributed by atoms with van der Waals surface area (Å²) in [5, 5.41) is 22.4. The first kappa shape index (κ1) is 15.4. The van der Waals surface area contributed by atoms with Crippen LogP contribution in [0.5, 0.6) is 0 Å². The fraction of sp³-hybridized carbons (Fsp3) is 1.00. The van der Waals surface area contributed by atoms with Gasteiger partial charge in [0.25, 0.3) is 0 Å². The molecule has 0 bridgehead atoms. The molecule has 108 valence electrons. The van der Waals surface area contributed by atoms with Crippen LogP contribution in [0.4, 0.5) is 0 Å². The van der Waals surface area contributed by atoms with Gasteiger partial charge in [0, 0.05) is 4.91 Å². The zero-order valence-electron chi connectivity index (χ0n) is 9.27. The van der Waals surface area contributed by atoms with E-state index in [2.05, 4.69) is 10.0 Å². The first-order valence-corrected chi connectivity index (χ1v) is 6.38. The Morgan fingerprint density at radius 3 is 2.37 bits per heavy atom. The number of fused-ring (bicyclic) bond motifs is 1. The first-order valence-electron chi connectivity index (χ1n) is 5.24. The van der Waals surface area contributed by atoms with Gasteiger partial charge >= 0.3 is 0 Å². The Morgan fingerprint density at radius 1 is 1.21 bits per heavy atom. The predicted molar refractivity (Wildman–Crippen MR) is 64.7 cm³/mol. The summed E-state index contributed by atoms with van der Waals surface area (Å²) in [4.78, 5) is 2.60. The van der Waals surface area contributed by atoms with Gasteiger partial charge < -0.3 is 24.4 Å². The van der Waals surface area contributed by atoms with Gasteiger partial charge in [-0.25, -0.2) is 0 Å². The minimum atomic E-state index is -1.87. The van der Waals surface area contributed by atoms with E-state index in [1.54, 1.807) is 0 Å². The van der Waals surface area contributed by atoms with Gasteiger partial charge in [0.2, 0.25) is 10.1 Å². The molecule has 0 radical (unpaired) electrons. The van der Waals surface area contributed by atoms with Gasteiger partial charge in [0.15, 0.2) is 6.23 Å². The molecule has 2 aliphatic heterocycles. The summed E-state index contributed by atoms with van der Waals surface area (Å²) < 4.78 is 14.0. The highest BCUT2D eigenvalue weighted by molar-refractivity contribution is 6.67. The van der Waals surface area contributed by atoms with Crippen LogP contribution >= 0.6 is 34.8 Å². The highest BCUT2D eigenvalue weighted by atomic mass is 35.6. The molecule has 6 atom stereocenters. The van der Waals surface area contributed by atoms with Crippen LogP contribution in [-0.4, -0.2) is 57.5 Å². The number of azide groups is 1. The number of nitrogens with zero attached hydrogens (tertiary/aromatic N) is 3. The van der Waals surface area contributed by atoms with Crippen LogP contribution in [0.25, 0.3) is 10.4 Å². The molecule has 2 heterocycles. The van der Waals surface area contributed by atoms with Crippen molar-refractivity contribution in [3.8, 4) is 0 Å². The molecule has 2 rings (SSSR count). The summed E-state index contributed by atoms with van der Waals surface area (Å²) in [6, 6.07) is 0. The van der Waals surface area contributed by atoms with Crippen LogP contribution in [-0.2, 0) is 14.2 Å². The number of aliphatic hydroxyl groups excluding tert-OH is 2. The van der Waals surface area contributed by atoms with Gasteiger partial charge in [-0.1, -0.05) is 39.9 Å². The Hall–Kier alpha value is -0.0200. The Morgan fingerprint density at radius 2 is 1.84 bits per heavy atom. The lowest BCUT2D eigenvalue weighted by molar-refractivity contribution is -0.194. The van der Waals surface area contributed by atoms with Gasteiger partial charge in [-0.2, -0.15) is 0 Å². The third-order valence-corrected chi connectivity index (χ3v) is 3.35. The molecule has 0 saturated carbocycles. The molecule has 0 aromatic rings. The van der Waals surface area contributed by atoms with Gasteiger partial charge in [0.1, 0.15) is 24.4 Å². The van der Waals surface area contributed by atoms with Crippen molar-refractivity contribution in [2.45, 2.75) is 40.7 Å². The van der Waals surface area contributed by atoms with Crippen molar-refractivity contribution in [2.75, 3.05) is 6.61 Å². The average Bonchev–Trinajstić information content (AvgIpc) is 2.78. The molecule has 0 aliphatic carbocycles. The van der Waals surface area contributed by atoms with Crippen LogP contribution in [0.1, 0.15) is 0 Å². The highest BCUT2D eigenvalue weighted by Gasteiger charge is 2.56. The number of hydrogen-bond donors (Lipinski definition) is 2. The Labute approximate surface area is 122 Å². The fourth-order valence-corrected chi connectivity index (χ4v) is 2.28. The van der Waals surface area contributed by atoms with E-state index >= 15 is 0 Å². The minimum absolute atomic E-state index is 0.483. The maximum atomic E-state index is 9.95. The molecular weight excluding hydrogens is 324 g/mol. The molecule has 2 saturated heterocycles. The third kappa shape index (κ3) is 3.02. The van der Waals surface area contributed by atoms with Crippen LogP contribution in [0.3, 0.4) is 0 Å². The molecule has 2 fully saturated rings. The van der Waals surface area contributed by atoms with Crippen molar-refractivity contribution in [3.63, 3.8) is 0 Å². The lowest BCUT2D eigenvalue weighted by Crippen LogP contribution is -2.56. The van der Waals surface area contributed by atoms with E-state index in [4.69, 9.17) is 59.7 Å². The Bertz CT molecular complexity index is 388. The fourth-order valence-electron chi connectivity index (χ4n) is 1.97. The molecule has 11 heteroatoms. The van der Waals surface area contributed by atoms with E-state index in [-0.39, 0.29) is 0 Å². The number of aliphatic hydroxyl groups is 2.